The summed E-state index contributed by atoms with van der Waals surface area (Å²) in [6.45, 7) is 18.9. The van der Waals surface area contributed by atoms with Crippen molar-refractivity contribution in [3.05, 3.63) is 11.6 Å². The Kier molecular flexibility index (Phi) is 5.11. The van der Waals surface area contributed by atoms with Gasteiger partial charge in [0.15, 0.2) is 8.32 Å². The van der Waals surface area contributed by atoms with E-state index in [1.807, 2.05) is 0 Å². The van der Waals surface area contributed by atoms with E-state index in [-0.39, 0.29) is 16.4 Å². The fourth-order valence-electron chi connectivity index (χ4n) is 7.43. The lowest BCUT2D eigenvalue weighted by Crippen LogP contribution is -2.52. The SMILES string of the molecule is C[C@@H]1C[C@H]2[C@@H]3CC=C4C[C@@H](O[Si](C)(C)C(C)(C)C)CC[C@]4(C)[C@H]3CC[C@]2(C)C1=O. The quantitative estimate of drug-likeness (QED) is 0.353. The maximum atomic E-state index is 12.9. The molecule has 3 heteroatoms. The monoisotopic (exact) mass is 416 g/mol. The molecule has 0 spiro atoms. The molecule has 0 unspecified atom stereocenters. The van der Waals surface area contributed by atoms with Crippen molar-refractivity contribution in [2.24, 2.45) is 34.5 Å². The van der Waals surface area contributed by atoms with Crippen LogP contribution in [0.2, 0.25) is 18.1 Å². The van der Waals surface area contributed by atoms with Crippen molar-refractivity contribution in [2.75, 3.05) is 0 Å². The van der Waals surface area contributed by atoms with Crippen LogP contribution < -0.4 is 0 Å². The van der Waals surface area contributed by atoms with Gasteiger partial charge in [-0.05, 0) is 86.2 Å². The molecule has 164 valence electrons. The summed E-state index contributed by atoms with van der Waals surface area (Å²) >= 11 is 0. The number of hydrogen-bond donors (Lipinski definition) is 0. The standard InChI is InChI=1S/C26H44O2Si/c1-17-15-22-20-10-9-18-16-19(28-29(7,8)24(2,3)4)11-13-25(18,5)21(20)12-14-26(22,6)23(17)27/h9,17,19-22H,10-16H2,1-8H3/t17-,19+,20-,21+,22+,25+,26+/m1/s1. The third-order valence-corrected chi connectivity index (χ3v) is 14.9. The van der Waals surface area contributed by atoms with Gasteiger partial charge in [-0.2, -0.15) is 0 Å². The number of Topliss-reactive ketones (excluding diaryl/α,β-unsaturated/α-hetero) is 1. The number of hydrogen-bond acceptors (Lipinski definition) is 2. The Hall–Kier alpha value is -0.413. The molecule has 7 atom stereocenters. The minimum atomic E-state index is -1.72. The maximum absolute atomic E-state index is 12.9. The van der Waals surface area contributed by atoms with Crippen LogP contribution in [0, 0.1) is 34.5 Å². The van der Waals surface area contributed by atoms with Gasteiger partial charge in [0.25, 0.3) is 0 Å². The Morgan fingerprint density at radius 3 is 2.38 bits per heavy atom. The van der Waals surface area contributed by atoms with Gasteiger partial charge in [-0.1, -0.05) is 53.2 Å². The molecule has 3 fully saturated rings. The molecule has 0 N–H and O–H groups in total. The lowest BCUT2D eigenvalue weighted by molar-refractivity contribution is -0.133. The highest BCUT2D eigenvalue weighted by atomic mass is 28.4. The molecule has 3 saturated carbocycles. The van der Waals surface area contributed by atoms with Gasteiger partial charge in [-0.15, -0.1) is 0 Å². The van der Waals surface area contributed by atoms with Crippen LogP contribution in [-0.2, 0) is 9.22 Å². The van der Waals surface area contributed by atoms with Crippen molar-refractivity contribution in [3.8, 4) is 0 Å². The van der Waals surface area contributed by atoms with Gasteiger partial charge >= 0.3 is 0 Å². The van der Waals surface area contributed by atoms with Crippen LogP contribution in [0.25, 0.3) is 0 Å². The van der Waals surface area contributed by atoms with Gasteiger partial charge in [-0.25, -0.2) is 0 Å². The van der Waals surface area contributed by atoms with Crippen molar-refractivity contribution < 1.29 is 9.22 Å². The minimum absolute atomic E-state index is 0.0368. The van der Waals surface area contributed by atoms with Crippen molar-refractivity contribution in [1.29, 1.82) is 0 Å². The van der Waals surface area contributed by atoms with Crippen LogP contribution in [0.5, 0.6) is 0 Å². The molecule has 0 amide bonds. The van der Waals surface area contributed by atoms with Crippen LogP contribution in [0.1, 0.15) is 86.5 Å². The van der Waals surface area contributed by atoms with Crippen molar-refractivity contribution in [2.45, 2.75) is 111 Å². The molecule has 29 heavy (non-hydrogen) atoms. The van der Waals surface area contributed by atoms with Gasteiger partial charge in [-0.3, -0.25) is 4.79 Å². The molecular weight excluding hydrogens is 372 g/mol. The summed E-state index contributed by atoms with van der Waals surface area (Å²) in [5.41, 5.74) is 1.99. The molecule has 4 aliphatic rings. The third-order valence-electron chi connectivity index (χ3n) is 10.3. The Bertz CT molecular complexity index is 717. The minimum Gasteiger partial charge on any atom is -0.414 e. The predicted octanol–water partition coefficient (Wildman–Crippen LogP) is 7.15. The van der Waals surface area contributed by atoms with Crippen LogP contribution in [0.3, 0.4) is 0 Å². The van der Waals surface area contributed by atoms with Crippen LogP contribution in [0.4, 0.5) is 0 Å². The highest BCUT2D eigenvalue weighted by molar-refractivity contribution is 6.74. The first-order valence-electron chi connectivity index (χ1n) is 12.2. The maximum Gasteiger partial charge on any atom is 0.192 e. The van der Waals surface area contributed by atoms with Crippen molar-refractivity contribution >= 4 is 14.1 Å². The molecule has 0 aromatic carbocycles. The number of allylic oxidation sites excluding steroid dienone is 1. The second-order valence-corrected chi connectivity index (χ2v) is 17.7. The highest BCUT2D eigenvalue weighted by Gasteiger charge is 2.60. The van der Waals surface area contributed by atoms with E-state index in [0.29, 0.717) is 29.1 Å². The van der Waals surface area contributed by atoms with Crippen LogP contribution >= 0.6 is 0 Å². The normalized spacial score (nSPS) is 45.3. The number of carbonyl (C=O) groups excluding carboxylic acids is 1. The fourth-order valence-corrected chi connectivity index (χ4v) is 8.82. The van der Waals surface area contributed by atoms with E-state index in [9.17, 15) is 4.79 Å². The summed E-state index contributed by atoms with van der Waals surface area (Å²) in [5, 5.41) is 0.277. The van der Waals surface area contributed by atoms with Crippen molar-refractivity contribution in [1.82, 2.24) is 0 Å². The van der Waals surface area contributed by atoms with Crippen LogP contribution in [-0.4, -0.2) is 20.2 Å². The molecule has 0 heterocycles. The molecule has 0 aliphatic heterocycles. The van der Waals surface area contributed by atoms with Crippen LogP contribution in [0.15, 0.2) is 11.6 Å². The Labute approximate surface area is 180 Å². The van der Waals surface area contributed by atoms with Crippen molar-refractivity contribution in [3.63, 3.8) is 0 Å². The Balaban J connectivity index is 1.54. The summed E-state index contributed by atoms with van der Waals surface area (Å²) in [6.07, 6.45) is 11.3. The second kappa shape index (κ2) is 6.79. The molecule has 0 bridgehead atoms. The predicted molar refractivity (Wildman–Crippen MR) is 123 cm³/mol. The average molecular weight is 417 g/mol. The smallest absolute Gasteiger partial charge is 0.192 e. The van der Waals surface area contributed by atoms with Gasteiger partial charge in [0.05, 0.1) is 0 Å². The van der Waals surface area contributed by atoms with E-state index >= 15 is 0 Å². The number of rotatable bonds is 2. The Morgan fingerprint density at radius 2 is 1.72 bits per heavy atom. The van der Waals surface area contributed by atoms with E-state index in [4.69, 9.17) is 4.43 Å². The zero-order valence-corrected chi connectivity index (χ0v) is 21.2. The molecule has 4 rings (SSSR count). The summed E-state index contributed by atoms with van der Waals surface area (Å²) < 4.78 is 6.84. The lowest BCUT2D eigenvalue weighted by Gasteiger charge is -2.57. The topological polar surface area (TPSA) is 26.3 Å². The van der Waals surface area contributed by atoms with Gasteiger partial charge in [0, 0.05) is 17.4 Å². The summed E-state index contributed by atoms with van der Waals surface area (Å²) in [4.78, 5) is 12.9. The van der Waals surface area contributed by atoms with Gasteiger partial charge in [0.2, 0.25) is 0 Å². The lowest BCUT2D eigenvalue weighted by atomic mass is 9.48. The fraction of sp³-hybridized carbons (Fsp3) is 0.885. The molecule has 0 aromatic rings. The molecule has 0 aromatic heterocycles. The van der Waals surface area contributed by atoms with E-state index in [2.05, 4.69) is 60.7 Å². The summed E-state index contributed by atoms with van der Waals surface area (Å²) in [7, 11) is -1.72. The highest BCUT2D eigenvalue weighted by Crippen LogP contribution is 2.64. The van der Waals surface area contributed by atoms with Gasteiger partial charge in [0.1, 0.15) is 5.78 Å². The first-order valence-corrected chi connectivity index (χ1v) is 15.1. The van der Waals surface area contributed by atoms with E-state index in [0.717, 1.165) is 25.2 Å². The van der Waals surface area contributed by atoms with E-state index in [1.165, 1.54) is 25.7 Å². The Morgan fingerprint density at radius 1 is 1.07 bits per heavy atom. The number of fused-ring (bicyclic) bond motifs is 5. The van der Waals surface area contributed by atoms with E-state index in [1.54, 1.807) is 5.57 Å². The van der Waals surface area contributed by atoms with E-state index < -0.39 is 8.32 Å². The first kappa shape index (κ1) is 21.8. The third kappa shape index (κ3) is 3.25. The molecule has 0 saturated heterocycles. The summed E-state index contributed by atoms with van der Waals surface area (Å²) in [5.74, 6) is 2.93. The molecular formula is C26H44O2Si. The zero-order chi connectivity index (χ0) is 21.4. The molecule has 0 radical (unpaired) electrons. The summed E-state index contributed by atoms with van der Waals surface area (Å²) in [6, 6.07) is 0. The number of ketones is 1. The number of carbonyl (C=O) groups is 1. The average Bonchev–Trinajstić information content (AvgIpc) is 2.84. The molecule has 2 nitrogen and oxygen atoms in total. The molecule has 4 aliphatic carbocycles. The van der Waals surface area contributed by atoms with Gasteiger partial charge < -0.3 is 4.43 Å². The largest absolute Gasteiger partial charge is 0.414 e. The first-order chi connectivity index (χ1) is 13.3. The second-order valence-electron chi connectivity index (χ2n) is 13.0. The zero-order valence-electron chi connectivity index (χ0n) is 20.2.